The van der Waals surface area contributed by atoms with Gasteiger partial charge in [0, 0.05) is 12.1 Å². The highest BCUT2D eigenvalue weighted by atomic mass is 16.3. The van der Waals surface area contributed by atoms with E-state index in [0.717, 1.165) is 29.5 Å². The van der Waals surface area contributed by atoms with Crippen LogP contribution in [0.1, 0.15) is 46.0 Å². The summed E-state index contributed by atoms with van der Waals surface area (Å²) in [5.74, 6) is -0.227. The van der Waals surface area contributed by atoms with Gasteiger partial charge in [0.05, 0.1) is 17.6 Å². The van der Waals surface area contributed by atoms with Gasteiger partial charge in [0.25, 0.3) is 5.91 Å². The lowest BCUT2D eigenvalue weighted by molar-refractivity contribution is 0.0916. The lowest BCUT2D eigenvalue weighted by Crippen LogP contribution is -2.28. The minimum Gasteiger partial charge on any atom is -0.387 e. The molecular formula is C20H20N2O2. The molecule has 1 atom stereocenters. The van der Waals surface area contributed by atoms with Crippen molar-refractivity contribution in [3.8, 4) is 6.07 Å². The van der Waals surface area contributed by atoms with Crippen molar-refractivity contribution in [2.75, 3.05) is 6.54 Å². The number of hydrogen-bond donors (Lipinski definition) is 2. The zero-order chi connectivity index (χ0) is 17.2. The Morgan fingerprint density at radius 3 is 2.58 bits per heavy atom. The maximum Gasteiger partial charge on any atom is 0.251 e. The first kappa shape index (κ1) is 16.2. The van der Waals surface area contributed by atoms with Gasteiger partial charge < -0.3 is 10.4 Å². The van der Waals surface area contributed by atoms with Gasteiger partial charge in [-0.2, -0.15) is 5.26 Å². The molecule has 2 aromatic rings. The number of amides is 1. The fraction of sp³-hybridized carbons (Fsp3) is 0.300. The number of aliphatic hydroxyl groups excluding tert-OH is 1. The van der Waals surface area contributed by atoms with Crippen LogP contribution >= 0.6 is 0 Å². The molecule has 0 bridgehead atoms. The van der Waals surface area contributed by atoms with Crippen LogP contribution in [0.2, 0.25) is 0 Å². The van der Waals surface area contributed by atoms with Crippen LogP contribution in [0.3, 0.4) is 0 Å². The Bertz CT molecular complexity index is 786. The summed E-state index contributed by atoms with van der Waals surface area (Å²) in [6, 6.07) is 17.1. The van der Waals surface area contributed by atoms with Gasteiger partial charge in [0.15, 0.2) is 0 Å². The van der Waals surface area contributed by atoms with Crippen molar-refractivity contribution in [3.05, 3.63) is 70.8 Å². The van der Waals surface area contributed by atoms with Crippen molar-refractivity contribution in [3.63, 3.8) is 0 Å². The third kappa shape index (κ3) is 3.32. The lowest BCUT2D eigenvalue weighted by Gasteiger charge is -2.13. The first-order valence-corrected chi connectivity index (χ1v) is 8.09. The van der Waals surface area contributed by atoms with Gasteiger partial charge in [-0.1, -0.05) is 42.0 Å². The molecule has 3 rings (SSSR count). The van der Waals surface area contributed by atoms with Gasteiger partial charge >= 0.3 is 0 Å². The van der Waals surface area contributed by atoms with E-state index in [1.54, 1.807) is 12.1 Å². The summed E-state index contributed by atoms with van der Waals surface area (Å²) >= 11 is 0. The summed E-state index contributed by atoms with van der Waals surface area (Å²) in [6.45, 7) is 2.12. The molecule has 0 aliphatic heterocycles. The number of hydrogen-bond acceptors (Lipinski definition) is 3. The topological polar surface area (TPSA) is 73.1 Å². The molecule has 1 aliphatic carbocycles. The van der Waals surface area contributed by atoms with E-state index in [9.17, 15) is 15.2 Å². The summed E-state index contributed by atoms with van der Waals surface area (Å²) < 4.78 is 0. The first-order chi connectivity index (χ1) is 11.5. The molecule has 1 saturated carbocycles. The van der Waals surface area contributed by atoms with Crippen molar-refractivity contribution in [2.45, 2.75) is 31.3 Å². The summed E-state index contributed by atoms with van der Waals surface area (Å²) in [6.07, 6.45) is 1.04. The van der Waals surface area contributed by atoms with Crippen LogP contribution in [0, 0.1) is 18.3 Å². The Labute approximate surface area is 141 Å². The smallest absolute Gasteiger partial charge is 0.251 e. The van der Waals surface area contributed by atoms with Gasteiger partial charge in [-0.3, -0.25) is 4.79 Å². The maximum atomic E-state index is 12.2. The summed E-state index contributed by atoms with van der Waals surface area (Å²) in [4.78, 5) is 12.2. The second-order valence-corrected chi connectivity index (χ2v) is 6.41. The highest BCUT2D eigenvalue weighted by molar-refractivity contribution is 5.94. The molecule has 0 radical (unpaired) electrons. The van der Waals surface area contributed by atoms with E-state index in [4.69, 9.17) is 0 Å². The average Bonchev–Trinajstić information content (AvgIpc) is 3.41. The van der Waals surface area contributed by atoms with E-state index in [1.165, 1.54) is 0 Å². The minimum atomic E-state index is -0.735. The van der Waals surface area contributed by atoms with Crippen LogP contribution in [-0.2, 0) is 5.41 Å². The maximum absolute atomic E-state index is 12.2. The largest absolute Gasteiger partial charge is 0.387 e. The van der Waals surface area contributed by atoms with Crippen molar-refractivity contribution < 1.29 is 9.90 Å². The van der Waals surface area contributed by atoms with Gasteiger partial charge in [-0.15, -0.1) is 0 Å². The van der Waals surface area contributed by atoms with Gasteiger partial charge in [-0.05, 0) is 43.0 Å². The van der Waals surface area contributed by atoms with Crippen molar-refractivity contribution in [1.29, 1.82) is 5.26 Å². The average molecular weight is 320 g/mol. The third-order valence-electron chi connectivity index (χ3n) is 4.55. The Hall–Kier alpha value is -2.64. The highest BCUT2D eigenvalue weighted by Gasteiger charge is 2.44. The zero-order valence-corrected chi connectivity index (χ0v) is 13.6. The number of carbonyl (C=O) groups excluding carboxylic acids is 1. The zero-order valence-electron chi connectivity index (χ0n) is 13.6. The van der Waals surface area contributed by atoms with E-state index in [-0.39, 0.29) is 17.9 Å². The van der Waals surface area contributed by atoms with Crippen LogP contribution in [-0.4, -0.2) is 17.6 Å². The fourth-order valence-electron chi connectivity index (χ4n) is 2.82. The van der Waals surface area contributed by atoms with Crippen LogP contribution in [0.5, 0.6) is 0 Å². The summed E-state index contributed by atoms with van der Waals surface area (Å²) in [5.41, 5.74) is 3.02. The molecule has 1 unspecified atom stereocenters. The van der Waals surface area contributed by atoms with Crippen LogP contribution in [0.4, 0.5) is 0 Å². The lowest BCUT2D eigenvalue weighted by atomic mass is 9.96. The van der Waals surface area contributed by atoms with Crippen LogP contribution in [0.25, 0.3) is 0 Å². The number of rotatable bonds is 5. The summed E-state index contributed by atoms with van der Waals surface area (Å²) in [7, 11) is 0. The molecule has 0 heterocycles. The van der Waals surface area contributed by atoms with Crippen LogP contribution in [0.15, 0.2) is 48.5 Å². The predicted octanol–water partition coefficient (Wildman–Crippen LogP) is 3.01. The van der Waals surface area contributed by atoms with E-state index in [2.05, 4.69) is 11.4 Å². The van der Waals surface area contributed by atoms with Gasteiger partial charge in [0.1, 0.15) is 0 Å². The third-order valence-corrected chi connectivity index (χ3v) is 4.55. The molecule has 1 fully saturated rings. The first-order valence-electron chi connectivity index (χ1n) is 8.09. The van der Waals surface area contributed by atoms with E-state index in [0.29, 0.717) is 5.56 Å². The molecule has 0 saturated heterocycles. The molecular weight excluding hydrogens is 300 g/mol. The molecule has 1 aliphatic rings. The highest BCUT2D eigenvalue weighted by Crippen LogP contribution is 2.47. The second kappa shape index (κ2) is 6.46. The second-order valence-electron chi connectivity index (χ2n) is 6.41. The van der Waals surface area contributed by atoms with Crippen molar-refractivity contribution in [1.82, 2.24) is 5.32 Å². The Balaban J connectivity index is 1.60. The van der Waals surface area contributed by atoms with Crippen molar-refractivity contribution >= 4 is 5.91 Å². The summed E-state index contributed by atoms with van der Waals surface area (Å²) in [5, 5.41) is 22.1. The molecule has 2 aromatic carbocycles. The van der Waals surface area contributed by atoms with E-state index >= 15 is 0 Å². The number of benzene rings is 2. The van der Waals surface area contributed by atoms with Gasteiger partial charge in [0.2, 0.25) is 0 Å². The molecule has 24 heavy (non-hydrogen) atoms. The number of aliphatic hydroxyl groups is 1. The van der Waals surface area contributed by atoms with Crippen LogP contribution < -0.4 is 5.32 Å². The molecule has 4 heteroatoms. The van der Waals surface area contributed by atoms with Crippen molar-refractivity contribution in [2.24, 2.45) is 0 Å². The molecule has 2 N–H and O–H groups in total. The molecule has 4 nitrogen and oxygen atoms in total. The Kier molecular flexibility index (Phi) is 4.37. The molecule has 1 amide bonds. The predicted molar refractivity (Wildman–Crippen MR) is 91.4 cm³/mol. The quantitative estimate of drug-likeness (QED) is 0.889. The van der Waals surface area contributed by atoms with Gasteiger partial charge in [-0.25, -0.2) is 0 Å². The number of nitriles is 1. The molecule has 0 spiro atoms. The van der Waals surface area contributed by atoms with E-state index in [1.807, 2.05) is 43.3 Å². The molecule has 0 aromatic heterocycles. The minimum absolute atomic E-state index is 0.159. The number of nitrogens with zero attached hydrogens (tertiary/aromatic N) is 1. The number of aryl methyl sites for hydroxylation is 1. The fourth-order valence-corrected chi connectivity index (χ4v) is 2.82. The number of carbonyl (C=O) groups is 1. The normalized spacial score (nSPS) is 16.0. The molecule has 122 valence electrons. The van der Waals surface area contributed by atoms with E-state index < -0.39 is 6.10 Å². The Morgan fingerprint density at radius 2 is 2.00 bits per heavy atom. The standard InChI is InChI=1S/C20H20N2O2/c1-14-3-2-4-16(11-14)18(23)12-22-19(24)15-5-7-17(8-6-15)20(13-21)9-10-20/h2-8,11,18,23H,9-10,12H2,1H3,(H,22,24). The SMILES string of the molecule is Cc1cccc(C(O)CNC(=O)c2ccc(C3(C#N)CC3)cc2)c1. The Morgan fingerprint density at radius 1 is 1.29 bits per heavy atom. The monoisotopic (exact) mass is 320 g/mol. The number of nitrogens with one attached hydrogen (secondary N) is 1.